The normalized spacial score (nSPS) is 23.1. The summed E-state index contributed by atoms with van der Waals surface area (Å²) in [5.74, 6) is 1.75. The van der Waals surface area contributed by atoms with Gasteiger partial charge in [-0.2, -0.15) is 0 Å². The molecule has 0 radical (unpaired) electrons. The molecule has 0 saturated heterocycles. The summed E-state index contributed by atoms with van der Waals surface area (Å²) in [6.45, 7) is 7.42. The van der Waals surface area contributed by atoms with Crippen LogP contribution in [0.5, 0.6) is 0 Å². The van der Waals surface area contributed by atoms with Gasteiger partial charge in [0.25, 0.3) is 0 Å². The molecule has 2 atom stereocenters. The van der Waals surface area contributed by atoms with Crippen LogP contribution in [0.1, 0.15) is 52.1 Å². The molecule has 0 spiro atoms. The molecule has 1 aliphatic rings. The fourth-order valence-corrected chi connectivity index (χ4v) is 2.97. The van der Waals surface area contributed by atoms with Gasteiger partial charge >= 0.3 is 0 Å². The summed E-state index contributed by atoms with van der Waals surface area (Å²) >= 11 is 0. The van der Waals surface area contributed by atoms with Crippen LogP contribution in [0.4, 0.5) is 5.82 Å². The lowest BCUT2D eigenvalue weighted by Gasteiger charge is -2.36. The summed E-state index contributed by atoms with van der Waals surface area (Å²) in [7, 11) is 2.16. The van der Waals surface area contributed by atoms with Crippen LogP contribution in [-0.4, -0.2) is 29.1 Å². The minimum atomic E-state index is 0.474. The van der Waals surface area contributed by atoms with Crippen molar-refractivity contribution in [1.29, 1.82) is 0 Å². The summed E-state index contributed by atoms with van der Waals surface area (Å²) in [6.07, 6.45) is 9.13. The molecule has 1 heterocycles. The molecule has 1 aliphatic carbocycles. The van der Waals surface area contributed by atoms with E-state index in [1.54, 1.807) is 0 Å². The third-order valence-corrected chi connectivity index (χ3v) is 4.31. The maximum atomic E-state index is 4.59. The smallest absolute Gasteiger partial charge is 0.147 e. The van der Waals surface area contributed by atoms with Gasteiger partial charge in [-0.15, -0.1) is 0 Å². The van der Waals surface area contributed by atoms with Gasteiger partial charge in [0.15, 0.2) is 0 Å². The van der Waals surface area contributed by atoms with E-state index in [1.165, 1.54) is 25.7 Å². The molecule has 4 heteroatoms. The van der Waals surface area contributed by atoms with E-state index in [9.17, 15) is 0 Å². The predicted molar refractivity (Wildman–Crippen MR) is 83.8 cm³/mol. The fraction of sp³-hybridized carbons (Fsp3) is 0.750. The van der Waals surface area contributed by atoms with Crippen molar-refractivity contribution in [2.75, 3.05) is 11.9 Å². The maximum Gasteiger partial charge on any atom is 0.147 e. The second-order valence-corrected chi connectivity index (χ2v) is 6.34. The van der Waals surface area contributed by atoms with Crippen molar-refractivity contribution >= 4 is 5.82 Å². The molecule has 1 fully saturated rings. The van der Waals surface area contributed by atoms with Crippen LogP contribution < -0.4 is 10.2 Å². The Morgan fingerprint density at radius 2 is 2.00 bits per heavy atom. The first-order valence-electron chi connectivity index (χ1n) is 7.85. The Bertz CT molecular complexity index is 401. The molecule has 20 heavy (non-hydrogen) atoms. The quantitative estimate of drug-likeness (QED) is 0.897. The van der Waals surface area contributed by atoms with E-state index in [4.69, 9.17) is 0 Å². The monoisotopic (exact) mass is 276 g/mol. The first-order chi connectivity index (χ1) is 9.58. The molecule has 1 saturated carbocycles. The molecule has 1 aromatic rings. The third-order valence-electron chi connectivity index (χ3n) is 4.31. The van der Waals surface area contributed by atoms with Gasteiger partial charge < -0.3 is 10.2 Å². The highest BCUT2D eigenvalue weighted by Gasteiger charge is 2.25. The van der Waals surface area contributed by atoms with Crippen molar-refractivity contribution in [3.63, 3.8) is 0 Å². The van der Waals surface area contributed by atoms with E-state index in [0.29, 0.717) is 12.1 Å². The van der Waals surface area contributed by atoms with E-state index < -0.39 is 0 Å². The summed E-state index contributed by atoms with van der Waals surface area (Å²) < 4.78 is 0. The minimum Gasteiger partial charge on any atom is -0.355 e. The molecule has 2 rings (SSSR count). The van der Waals surface area contributed by atoms with E-state index in [0.717, 1.165) is 24.0 Å². The summed E-state index contributed by atoms with van der Waals surface area (Å²) in [5.41, 5.74) is 1.01. The summed E-state index contributed by atoms with van der Waals surface area (Å²) in [5, 5.41) is 3.36. The van der Waals surface area contributed by atoms with Crippen LogP contribution in [0.2, 0.25) is 0 Å². The predicted octanol–water partition coefficient (Wildman–Crippen LogP) is 2.99. The van der Waals surface area contributed by atoms with Crippen molar-refractivity contribution in [2.24, 2.45) is 5.92 Å². The van der Waals surface area contributed by atoms with Crippen molar-refractivity contribution in [1.82, 2.24) is 15.3 Å². The molecular formula is C16H28N4. The van der Waals surface area contributed by atoms with Gasteiger partial charge in [-0.1, -0.05) is 33.6 Å². The Hall–Kier alpha value is -1.16. The van der Waals surface area contributed by atoms with E-state index in [-0.39, 0.29) is 0 Å². The van der Waals surface area contributed by atoms with Crippen LogP contribution >= 0.6 is 0 Å². The Balaban J connectivity index is 1.97. The highest BCUT2D eigenvalue weighted by atomic mass is 15.2. The number of nitrogens with zero attached hydrogens (tertiary/aromatic N) is 3. The summed E-state index contributed by atoms with van der Waals surface area (Å²) in [6, 6.07) is 1.08. The van der Waals surface area contributed by atoms with E-state index >= 15 is 0 Å². The molecule has 0 aliphatic heterocycles. The molecule has 0 bridgehead atoms. The van der Waals surface area contributed by atoms with Crippen molar-refractivity contribution in [3.05, 3.63) is 18.1 Å². The number of aromatic nitrogens is 2. The van der Waals surface area contributed by atoms with Crippen LogP contribution in [0.15, 0.2) is 12.4 Å². The van der Waals surface area contributed by atoms with E-state index in [2.05, 4.69) is 48.0 Å². The van der Waals surface area contributed by atoms with Crippen LogP contribution in [-0.2, 0) is 6.54 Å². The molecule has 112 valence electrons. The topological polar surface area (TPSA) is 41.1 Å². The second kappa shape index (κ2) is 7.02. The lowest BCUT2D eigenvalue weighted by atomic mass is 9.85. The van der Waals surface area contributed by atoms with Crippen molar-refractivity contribution in [3.8, 4) is 0 Å². The van der Waals surface area contributed by atoms with Crippen LogP contribution in [0.3, 0.4) is 0 Å². The van der Waals surface area contributed by atoms with E-state index in [1.807, 2.05) is 12.4 Å². The van der Waals surface area contributed by atoms with Gasteiger partial charge in [0.05, 0.1) is 18.1 Å². The molecule has 1 aromatic heterocycles. The van der Waals surface area contributed by atoms with Crippen LogP contribution in [0.25, 0.3) is 0 Å². The Morgan fingerprint density at radius 3 is 2.60 bits per heavy atom. The van der Waals surface area contributed by atoms with Gasteiger partial charge in [0.1, 0.15) is 5.82 Å². The third kappa shape index (κ3) is 3.92. The number of hydrogen-bond acceptors (Lipinski definition) is 4. The zero-order valence-corrected chi connectivity index (χ0v) is 13.3. The highest BCUT2D eigenvalue weighted by Crippen LogP contribution is 2.29. The van der Waals surface area contributed by atoms with Gasteiger partial charge in [-0.3, -0.25) is 4.98 Å². The largest absolute Gasteiger partial charge is 0.355 e. The second-order valence-electron chi connectivity index (χ2n) is 6.34. The fourth-order valence-electron chi connectivity index (χ4n) is 2.97. The van der Waals surface area contributed by atoms with Gasteiger partial charge in [0.2, 0.25) is 0 Å². The van der Waals surface area contributed by atoms with Crippen molar-refractivity contribution in [2.45, 2.75) is 65.1 Å². The first-order valence-corrected chi connectivity index (χ1v) is 7.85. The maximum absolute atomic E-state index is 4.59. The molecule has 0 amide bonds. The number of rotatable bonds is 5. The Morgan fingerprint density at radius 1 is 1.25 bits per heavy atom. The van der Waals surface area contributed by atoms with Crippen LogP contribution in [0, 0.1) is 5.92 Å². The number of hydrogen-bond donors (Lipinski definition) is 1. The highest BCUT2D eigenvalue weighted by molar-refractivity contribution is 5.36. The standard InChI is InChI=1S/C16H28N4/c1-12(2)17-9-14-10-19-16(11-18-14)20(4)15-8-6-5-7-13(15)3/h10-13,15,17H,5-9H2,1-4H3. The Labute approximate surface area is 123 Å². The average molecular weight is 276 g/mol. The Kier molecular flexibility index (Phi) is 5.35. The molecule has 1 N–H and O–H groups in total. The van der Waals surface area contributed by atoms with Gasteiger partial charge in [0, 0.05) is 25.7 Å². The molecule has 2 unspecified atom stereocenters. The lowest BCUT2D eigenvalue weighted by Crippen LogP contribution is -2.39. The molecule has 4 nitrogen and oxygen atoms in total. The zero-order valence-electron chi connectivity index (χ0n) is 13.3. The van der Waals surface area contributed by atoms with Crippen molar-refractivity contribution < 1.29 is 0 Å². The SMILES string of the molecule is CC(C)NCc1cnc(N(C)C2CCCCC2C)cn1. The lowest BCUT2D eigenvalue weighted by molar-refractivity contribution is 0.320. The molecule has 0 aromatic carbocycles. The minimum absolute atomic E-state index is 0.474. The average Bonchev–Trinajstić information content (AvgIpc) is 2.45. The molecular weight excluding hydrogens is 248 g/mol. The zero-order chi connectivity index (χ0) is 14.5. The number of anilines is 1. The van der Waals surface area contributed by atoms with Gasteiger partial charge in [-0.05, 0) is 18.8 Å². The number of nitrogens with one attached hydrogen (secondary N) is 1. The summed E-state index contributed by atoms with van der Waals surface area (Å²) in [4.78, 5) is 11.4. The first kappa shape index (κ1) is 15.2. The van der Waals surface area contributed by atoms with Gasteiger partial charge in [-0.25, -0.2) is 4.98 Å².